The predicted octanol–water partition coefficient (Wildman–Crippen LogP) is 4.32. The van der Waals surface area contributed by atoms with Crippen LogP contribution in [0.4, 0.5) is 10.1 Å². The monoisotopic (exact) mass is 555 g/mol. The van der Waals surface area contributed by atoms with Crippen LogP contribution in [0.5, 0.6) is 0 Å². The summed E-state index contributed by atoms with van der Waals surface area (Å²) in [6.45, 7) is 11.8. The summed E-state index contributed by atoms with van der Waals surface area (Å²) in [6, 6.07) is 7.88. The van der Waals surface area contributed by atoms with Crippen LogP contribution in [-0.4, -0.2) is 73.1 Å². The number of ether oxygens (including phenoxy) is 1. The number of esters is 1. The second-order valence-electron chi connectivity index (χ2n) is 11.3. The van der Waals surface area contributed by atoms with Crippen LogP contribution < -0.4 is 10.2 Å². The Bertz CT molecular complexity index is 1240. The van der Waals surface area contributed by atoms with Crippen LogP contribution in [0, 0.1) is 5.92 Å². The van der Waals surface area contributed by atoms with Crippen molar-refractivity contribution < 1.29 is 18.7 Å². The summed E-state index contributed by atoms with van der Waals surface area (Å²) in [7, 11) is 0. The Morgan fingerprint density at radius 3 is 2.85 bits per heavy atom. The molecule has 1 saturated heterocycles. The number of nitrogens with one attached hydrogen (secondary N) is 1. The molecule has 1 fully saturated rings. The molecule has 1 aromatic carbocycles. The van der Waals surface area contributed by atoms with Crippen LogP contribution >= 0.6 is 11.3 Å². The number of anilines is 1. The highest BCUT2D eigenvalue weighted by molar-refractivity contribution is 7.11. The van der Waals surface area contributed by atoms with E-state index in [1.807, 2.05) is 29.6 Å². The highest BCUT2D eigenvalue weighted by Gasteiger charge is 2.41. The third kappa shape index (κ3) is 6.91. The lowest BCUT2D eigenvalue weighted by Gasteiger charge is -2.43. The molecule has 2 atom stereocenters. The van der Waals surface area contributed by atoms with Crippen LogP contribution in [0.25, 0.3) is 0 Å². The van der Waals surface area contributed by atoms with Gasteiger partial charge in [0, 0.05) is 55.1 Å². The third-order valence-electron chi connectivity index (χ3n) is 7.40. The van der Waals surface area contributed by atoms with Gasteiger partial charge in [0.15, 0.2) is 10.8 Å². The van der Waals surface area contributed by atoms with E-state index in [2.05, 4.69) is 41.0 Å². The number of carbonyl (C=O) groups excluding carboxylic acids is 2. The van der Waals surface area contributed by atoms with E-state index < -0.39 is 17.6 Å². The number of carbonyl (C=O) groups is 2. The molecule has 2 aromatic rings. The average molecular weight is 556 g/mol. The number of nitrogens with zero attached hydrogens (tertiary/aromatic N) is 4. The van der Waals surface area contributed by atoms with Crippen LogP contribution in [0.2, 0.25) is 0 Å². The van der Waals surface area contributed by atoms with Gasteiger partial charge in [-0.1, -0.05) is 32.9 Å². The molecule has 2 aliphatic heterocycles. The number of benzene rings is 1. The first kappa shape index (κ1) is 28.9. The number of amidine groups is 1. The highest BCUT2D eigenvalue weighted by atomic mass is 32.1. The summed E-state index contributed by atoms with van der Waals surface area (Å²) in [5.41, 5.74) is 1.52. The molecule has 0 radical (unpaired) electrons. The van der Waals surface area contributed by atoms with E-state index >= 15 is 4.39 Å². The number of aliphatic imine (C=N–C) groups is 1. The minimum Gasteiger partial charge on any atom is -0.463 e. The molecule has 4 rings (SSSR count). The minimum atomic E-state index is -1.44. The summed E-state index contributed by atoms with van der Waals surface area (Å²) in [6.07, 6.45) is 2.82. The Labute approximate surface area is 234 Å². The van der Waals surface area contributed by atoms with Crippen molar-refractivity contribution in [2.75, 3.05) is 44.2 Å². The maximum atomic E-state index is 15.8. The van der Waals surface area contributed by atoms with Gasteiger partial charge in [0.05, 0.1) is 18.7 Å². The molecular weight excluding hydrogens is 517 g/mol. The number of piperidine rings is 1. The van der Waals surface area contributed by atoms with Crippen molar-refractivity contribution in [2.45, 2.75) is 52.1 Å². The largest absolute Gasteiger partial charge is 0.463 e. The summed E-state index contributed by atoms with van der Waals surface area (Å²) < 4.78 is 21.1. The molecule has 0 saturated carbocycles. The van der Waals surface area contributed by atoms with Crippen molar-refractivity contribution in [3.8, 4) is 0 Å². The zero-order chi connectivity index (χ0) is 28.2. The van der Waals surface area contributed by atoms with E-state index in [-0.39, 0.29) is 25.1 Å². The SMILES string of the molecule is CCOC(=O)C1=C(CN2CCC(C)(F)C(CN(C=O)c3cccc(C(C)(C)C)c3)C2)NC(c2nccs2)=NC1. The second kappa shape index (κ2) is 12.0. The molecule has 2 aliphatic rings. The summed E-state index contributed by atoms with van der Waals surface area (Å²) in [4.78, 5) is 37.5. The highest BCUT2D eigenvalue weighted by Crippen LogP contribution is 2.34. The van der Waals surface area contributed by atoms with E-state index in [4.69, 9.17) is 4.74 Å². The summed E-state index contributed by atoms with van der Waals surface area (Å²) in [5, 5.41) is 5.91. The molecular formula is C29H38FN5O3S. The van der Waals surface area contributed by atoms with Gasteiger partial charge in [-0.2, -0.15) is 0 Å². The molecule has 0 spiro atoms. The maximum absolute atomic E-state index is 15.8. The van der Waals surface area contributed by atoms with Crippen LogP contribution in [0.1, 0.15) is 51.6 Å². The number of alkyl halides is 1. The quantitative estimate of drug-likeness (QED) is 0.366. The Hall–Kier alpha value is -3.11. The molecule has 3 heterocycles. The molecule has 1 N–H and O–H groups in total. The average Bonchev–Trinajstić information content (AvgIpc) is 3.44. The first-order valence-electron chi connectivity index (χ1n) is 13.4. The van der Waals surface area contributed by atoms with Gasteiger partial charge < -0.3 is 15.0 Å². The second-order valence-corrected chi connectivity index (χ2v) is 12.2. The Morgan fingerprint density at radius 1 is 1.38 bits per heavy atom. The van der Waals surface area contributed by atoms with Gasteiger partial charge in [-0.25, -0.2) is 14.2 Å². The van der Waals surface area contributed by atoms with Crippen LogP contribution in [0.15, 0.2) is 52.1 Å². The lowest BCUT2D eigenvalue weighted by molar-refractivity contribution is -0.138. The van der Waals surface area contributed by atoms with Crippen molar-refractivity contribution in [1.29, 1.82) is 0 Å². The molecule has 1 amide bonds. The molecule has 1 aromatic heterocycles. The lowest BCUT2D eigenvalue weighted by atomic mass is 9.83. The van der Waals surface area contributed by atoms with Gasteiger partial charge in [-0.05, 0) is 43.4 Å². The molecule has 10 heteroatoms. The normalized spacial score (nSPS) is 22.2. The Balaban J connectivity index is 1.53. The van der Waals surface area contributed by atoms with Gasteiger partial charge in [-0.3, -0.25) is 14.7 Å². The van der Waals surface area contributed by atoms with E-state index in [1.165, 1.54) is 11.3 Å². The number of hydrogen-bond acceptors (Lipinski definition) is 8. The lowest BCUT2D eigenvalue weighted by Crippen LogP contribution is -2.53. The molecule has 0 bridgehead atoms. The van der Waals surface area contributed by atoms with Gasteiger partial charge in [0.25, 0.3) is 0 Å². The first-order chi connectivity index (χ1) is 18.5. The van der Waals surface area contributed by atoms with Crippen LogP contribution in [-0.2, 0) is 19.7 Å². The third-order valence-corrected chi connectivity index (χ3v) is 8.18. The van der Waals surface area contributed by atoms with Gasteiger partial charge >= 0.3 is 5.97 Å². The molecule has 2 unspecified atom stereocenters. The fourth-order valence-electron chi connectivity index (χ4n) is 4.90. The minimum absolute atomic E-state index is 0.0705. The van der Waals surface area contributed by atoms with Crippen molar-refractivity contribution >= 4 is 35.2 Å². The van der Waals surface area contributed by atoms with E-state index in [0.717, 1.165) is 22.7 Å². The van der Waals surface area contributed by atoms with Crippen molar-refractivity contribution in [3.05, 3.63) is 57.7 Å². The first-order valence-corrected chi connectivity index (χ1v) is 14.2. The number of hydrogen-bond donors (Lipinski definition) is 1. The molecule has 8 nitrogen and oxygen atoms in total. The molecule has 0 aliphatic carbocycles. The maximum Gasteiger partial charge on any atom is 0.337 e. The van der Waals surface area contributed by atoms with Gasteiger partial charge in [0.1, 0.15) is 5.67 Å². The van der Waals surface area contributed by atoms with E-state index in [9.17, 15) is 9.59 Å². The van der Waals surface area contributed by atoms with Gasteiger partial charge in [0.2, 0.25) is 6.41 Å². The topological polar surface area (TPSA) is 87.1 Å². The number of aromatic nitrogens is 1. The van der Waals surface area contributed by atoms with Crippen molar-refractivity contribution in [3.63, 3.8) is 0 Å². The fourth-order valence-corrected chi connectivity index (χ4v) is 5.50. The molecule has 39 heavy (non-hydrogen) atoms. The summed E-state index contributed by atoms with van der Waals surface area (Å²) in [5.74, 6) is -0.212. The summed E-state index contributed by atoms with van der Waals surface area (Å²) >= 11 is 1.46. The van der Waals surface area contributed by atoms with Crippen molar-refractivity contribution in [1.82, 2.24) is 15.2 Å². The smallest absolute Gasteiger partial charge is 0.337 e. The zero-order valence-electron chi connectivity index (χ0n) is 23.4. The number of thiazole rings is 1. The Kier molecular flexibility index (Phi) is 8.86. The van der Waals surface area contributed by atoms with E-state index in [1.54, 1.807) is 24.9 Å². The zero-order valence-corrected chi connectivity index (χ0v) is 24.2. The van der Waals surface area contributed by atoms with E-state index in [0.29, 0.717) is 43.2 Å². The van der Waals surface area contributed by atoms with Crippen molar-refractivity contribution in [2.24, 2.45) is 10.9 Å². The van der Waals surface area contributed by atoms with Crippen LogP contribution in [0.3, 0.4) is 0 Å². The molecule has 210 valence electrons. The number of likely N-dealkylation sites (tertiary alicyclic amines) is 1. The van der Waals surface area contributed by atoms with Gasteiger partial charge in [-0.15, -0.1) is 11.3 Å². The fraction of sp³-hybridized carbons (Fsp3) is 0.517. The number of rotatable bonds is 9. The predicted molar refractivity (Wildman–Crippen MR) is 153 cm³/mol. The number of amides is 1. The Morgan fingerprint density at radius 2 is 2.18 bits per heavy atom. The number of halogens is 1. The standard InChI is InChI=1S/C29H38FN5O3S/c1-6-38-27(37)23-15-32-25(26-31-11-13-39-26)33-24(23)18-34-12-10-29(5,30)21(16-34)17-35(19-36)22-9-7-8-20(14-22)28(2,3)4/h7-9,11,13-14,19,21H,6,10,12,15-18H2,1-5H3,(H,32,33).